The minimum absolute atomic E-state index is 0.0142. The van der Waals surface area contributed by atoms with Gasteiger partial charge < -0.3 is 10.1 Å². The molecule has 2 atom stereocenters. The number of sulfonamides is 1. The van der Waals surface area contributed by atoms with E-state index in [0.29, 0.717) is 5.92 Å². The minimum atomic E-state index is -3.17. The van der Waals surface area contributed by atoms with E-state index in [1.807, 2.05) is 6.92 Å². The second-order valence-corrected chi connectivity index (χ2v) is 7.23. The van der Waals surface area contributed by atoms with Crippen LogP contribution in [0.1, 0.15) is 32.6 Å². The molecule has 0 aromatic rings. The predicted octanol–water partition coefficient (Wildman–Crippen LogP) is 0.473. The van der Waals surface area contributed by atoms with Crippen LogP contribution in [0.25, 0.3) is 0 Å². The SMILES string of the molecule is CC(NS(=O)(=O)CC1CCCN1)C1CCOCC1. The summed E-state index contributed by atoms with van der Waals surface area (Å²) in [5.41, 5.74) is 0. The molecule has 2 aliphatic rings. The van der Waals surface area contributed by atoms with Crippen LogP contribution in [0.15, 0.2) is 0 Å². The Bertz CT molecular complexity index is 346. The Kier molecular flexibility index (Phi) is 5.00. The van der Waals surface area contributed by atoms with Gasteiger partial charge in [0.25, 0.3) is 0 Å². The quantitative estimate of drug-likeness (QED) is 0.766. The second kappa shape index (κ2) is 6.32. The van der Waals surface area contributed by atoms with Gasteiger partial charge in [0, 0.05) is 25.3 Å². The molecule has 2 saturated heterocycles. The summed E-state index contributed by atoms with van der Waals surface area (Å²) in [6.07, 6.45) is 3.94. The van der Waals surface area contributed by atoms with Crippen LogP contribution in [-0.2, 0) is 14.8 Å². The van der Waals surface area contributed by atoms with Gasteiger partial charge in [-0.1, -0.05) is 0 Å². The van der Waals surface area contributed by atoms with Crippen LogP contribution >= 0.6 is 0 Å². The fourth-order valence-corrected chi connectivity index (χ4v) is 4.48. The second-order valence-electron chi connectivity index (χ2n) is 5.43. The van der Waals surface area contributed by atoms with Crippen molar-refractivity contribution in [2.75, 3.05) is 25.5 Å². The van der Waals surface area contributed by atoms with E-state index in [1.54, 1.807) is 0 Å². The van der Waals surface area contributed by atoms with Crippen LogP contribution in [0.3, 0.4) is 0 Å². The molecule has 0 aromatic heterocycles. The Balaban J connectivity index is 1.82. The Morgan fingerprint density at radius 1 is 1.33 bits per heavy atom. The highest BCUT2D eigenvalue weighted by Crippen LogP contribution is 2.19. The lowest BCUT2D eigenvalue weighted by Gasteiger charge is -2.28. The van der Waals surface area contributed by atoms with E-state index >= 15 is 0 Å². The number of hydrogen-bond acceptors (Lipinski definition) is 4. The average Bonchev–Trinajstić information content (AvgIpc) is 2.81. The fraction of sp³-hybridized carbons (Fsp3) is 1.00. The van der Waals surface area contributed by atoms with Crippen molar-refractivity contribution in [3.63, 3.8) is 0 Å². The highest BCUT2D eigenvalue weighted by molar-refractivity contribution is 7.89. The molecule has 6 heteroatoms. The highest BCUT2D eigenvalue weighted by Gasteiger charge is 2.27. The number of ether oxygens (including phenoxy) is 1. The van der Waals surface area contributed by atoms with E-state index < -0.39 is 10.0 Å². The Morgan fingerprint density at radius 3 is 2.67 bits per heavy atom. The van der Waals surface area contributed by atoms with Gasteiger partial charge in [0.05, 0.1) is 5.75 Å². The minimum Gasteiger partial charge on any atom is -0.381 e. The van der Waals surface area contributed by atoms with Crippen LogP contribution in [0.5, 0.6) is 0 Å². The molecule has 0 saturated carbocycles. The van der Waals surface area contributed by atoms with Crippen LogP contribution in [-0.4, -0.2) is 46.0 Å². The summed E-state index contributed by atoms with van der Waals surface area (Å²) in [6.45, 7) is 4.41. The molecular weight excluding hydrogens is 252 g/mol. The van der Waals surface area contributed by atoms with E-state index in [9.17, 15) is 8.42 Å². The predicted molar refractivity (Wildman–Crippen MR) is 71.0 cm³/mol. The van der Waals surface area contributed by atoms with Crippen molar-refractivity contribution in [3.05, 3.63) is 0 Å². The lowest BCUT2D eigenvalue weighted by molar-refractivity contribution is 0.0585. The molecule has 2 unspecified atom stereocenters. The van der Waals surface area contributed by atoms with Crippen LogP contribution in [0.4, 0.5) is 0 Å². The van der Waals surface area contributed by atoms with Crippen LogP contribution in [0.2, 0.25) is 0 Å². The smallest absolute Gasteiger partial charge is 0.213 e. The van der Waals surface area contributed by atoms with Crippen molar-refractivity contribution in [3.8, 4) is 0 Å². The van der Waals surface area contributed by atoms with Gasteiger partial charge in [-0.15, -0.1) is 0 Å². The van der Waals surface area contributed by atoms with E-state index in [1.165, 1.54) is 0 Å². The zero-order chi connectivity index (χ0) is 13.0. The molecule has 0 aromatic carbocycles. The van der Waals surface area contributed by atoms with E-state index in [4.69, 9.17) is 4.74 Å². The lowest BCUT2D eigenvalue weighted by Crippen LogP contribution is -2.44. The van der Waals surface area contributed by atoms with Crippen molar-refractivity contribution in [2.45, 2.75) is 44.7 Å². The third-order valence-electron chi connectivity index (χ3n) is 3.92. The van der Waals surface area contributed by atoms with Gasteiger partial charge in [0.15, 0.2) is 0 Å². The lowest BCUT2D eigenvalue weighted by atomic mass is 9.94. The maximum absolute atomic E-state index is 12.1. The molecule has 2 rings (SSSR count). The van der Waals surface area contributed by atoms with E-state index in [2.05, 4.69) is 10.0 Å². The highest BCUT2D eigenvalue weighted by atomic mass is 32.2. The van der Waals surface area contributed by atoms with Gasteiger partial charge in [0.1, 0.15) is 0 Å². The molecule has 0 aliphatic carbocycles. The number of rotatable bonds is 5. The monoisotopic (exact) mass is 276 g/mol. The van der Waals surface area contributed by atoms with Gasteiger partial charge in [-0.25, -0.2) is 13.1 Å². The third kappa shape index (κ3) is 4.19. The summed E-state index contributed by atoms with van der Waals surface area (Å²) in [5.74, 6) is 0.616. The zero-order valence-electron chi connectivity index (χ0n) is 11.0. The summed E-state index contributed by atoms with van der Waals surface area (Å²) in [6, 6.07) is 0.143. The van der Waals surface area contributed by atoms with Crippen molar-refractivity contribution in [1.29, 1.82) is 0 Å². The summed E-state index contributed by atoms with van der Waals surface area (Å²) >= 11 is 0. The third-order valence-corrected chi connectivity index (χ3v) is 5.49. The maximum Gasteiger partial charge on any atom is 0.213 e. The molecule has 0 bridgehead atoms. The molecule has 2 heterocycles. The largest absolute Gasteiger partial charge is 0.381 e. The number of hydrogen-bond donors (Lipinski definition) is 2. The van der Waals surface area contributed by atoms with Crippen molar-refractivity contribution in [1.82, 2.24) is 10.0 Å². The summed E-state index contributed by atoms with van der Waals surface area (Å²) in [4.78, 5) is 0. The van der Waals surface area contributed by atoms with Crippen LogP contribution < -0.4 is 10.0 Å². The first kappa shape index (κ1) is 14.2. The van der Waals surface area contributed by atoms with Gasteiger partial charge in [-0.3, -0.25) is 0 Å². The molecule has 2 N–H and O–H groups in total. The van der Waals surface area contributed by atoms with Crippen molar-refractivity contribution in [2.24, 2.45) is 5.92 Å². The number of nitrogens with one attached hydrogen (secondary N) is 2. The van der Waals surface area contributed by atoms with Crippen molar-refractivity contribution >= 4 is 10.0 Å². The summed E-state index contributed by atoms with van der Waals surface area (Å²) < 4.78 is 32.2. The Morgan fingerprint density at radius 2 is 2.06 bits per heavy atom. The Hall–Kier alpha value is -0.170. The molecule has 0 radical (unpaired) electrons. The van der Waals surface area contributed by atoms with Gasteiger partial charge in [-0.2, -0.15) is 0 Å². The first-order valence-electron chi connectivity index (χ1n) is 6.88. The molecular formula is C12H24N2O3S. The van der Waals surface area contributed by atoms with Crippen molar-refractivity contribution < 1.29 is 13.2 Å². The molecule has 2 aliphatic heterocycles. The molecule has 0 amide bonds. The summed E-state index contributed by atoms with van der Waals surface area (Å²) in [7, 11) is -3.17. The van der Waals surface area contributed by atoms with E-state index in [-0.39, 0.29) is 17.8 Å². The fourth-order valence-electron chi connectivity index (χ4n) is 2.81. The Labute approximate surface area is 110 Å². The average molecular weight is 276 g/mol. The van der Waals surface area contributed by atoms with Gasteiger partial charge in [0.2, 0.25) is 10.0 Å². The van der Waals surface area contributed by atoms with Crippen LogP contribution in [0, 0.1) is 5.92 Å². The normalized spacial score (nSPS) is 28.4. The molecule has 0 spiro atoms. The van der Waals surface area contributed by atoms with E-state index in [0.717, 1.165) is 45.4 Å². The molecule has 5 nitrogen and oxygen atoms in total. The molecule has 106 valence electrons. The molecule has 18 heavy (non-hydrogen) atoms. The van der Waals surface area contributed by atoms with Gasteiger partial charge >= 0.3 is 0 Å². The zero-order valence-corrected chi connectivity index (χ0v) is 11.8. The maximum atomic E-state index is 12.1. The topological polar surface area (TPSA) is 67.4 Å². The molecule has 2 fully saturated rings. The standard InChI is InChI=1S/C12H24N2O3S/c1-10(11-4-7-17-8-5-11)14-18(15,16)9-12-3-2-6-13-12/h10-14H,2-9H2,1H3. The first-order valence-corrected chi connectivity index (χ1v) is 8.53. The first-order chi connectivity index (χ1) is 8.57. The van der Waals surface area contributed by atoms with Gasteiger partial charge in [-0.05, 0) is 45.1 Å². The summed E-state index contributed by atoms with van der Waals surface area (Å²) in [5, 5.41) is 3.23.